The largest absolute Gasteiger partial charge is 0.444 e. The molecule has 0 aliphatic carbocycles. The highest BCUT2D eigenvalue weighted by molar-refractivity contribution is 9.11. The van der Waals surface area contributed by atoms with Gasteiger partial charge in [0.25, 0.3) is 0 Å². The third kappa shape index (κ3) is 5.25. The number of hydrogen-bond donors (Lipinski definition) is 1. The Kier molecular flexibility index (Phi) is 5.91. The average Bonchev–Trinajstić information content (AvgIpc) is 2.84. The summed E-state index contributed by atoms with van der Waals surface area (Å²) in [6.45, 7) is 9.38. The standard InChI is InChI=1S/C16H25BrN2O2S/c1-11(13-7-8-14(17)22-13)18-12-6-5-9-19(10-12)15(20)21-16(2,3)4/h7-8,11-12,18H,5-6,9-10H2,1-4H3. The first-order valence-electron chi connectivity index (χ1n) is 7.74. The molecule has 0 bridgehead atoms. The van der Waals surface area contributed by atoms with Gasteiger partial charge in [0.1, 0.15) is 5.60 Å². The van der Waals surface area contributed by atoms with Crippen molar-refractivity contribution in [2.45, 2.75) is 58.2 Å². The van der Waals surface area contributed by atoms with Crippen LogP contribution in [0, 0.1) is 0 Å². The maximum atomic E-state index is 12.2. The molecule has 1 aromatic rings. The molecule has 22 heavy (non-hydrogen) atoms. The Balaban J connectivity index is 1.89. The van der Waals surface area contributed by atoms with E-state index in [2.05, 4.69) is 40.3 Å². The lowest BCUT2D eigenvalue weighted by Gasteiger charge is -2.35. The summed E-state index contributed by atoms with van der Waals surface area (Å²) in [6, 6.07) is 4.82. The summed E-state index contributed by atoms with van der Waals surface area (Å²) in [5, 5.41) is 3.64. The van der Waals surface area contributed by atoms with E-state index < -0.39 is 5.60 Å². The van der Waals surface area contributed by atoms with Crippen molar-refractivity contribution < 1.29 is 9.53 Å². The minimum Gasteiger partial charge on any atom is -0.444 e. The minimum absolute atomic E-state index is 0.203. The van der Waals surface area contributed by atoms with Crippen molar-refractivity contribution in [3.05, 3.63) is 20.8 Å². The maximum absolute atomic E-state index is 12.2. The molecule has 1 aliphatic heterocycles. The van der Waals surface area contributed by atoms with Gasteiger partial charge < -0.3 is 15.0 Å². The first kappa shape index (κ1) is 17.8. The Hall–Kier alpha value is -0.590. The summed E-state index contributed by atoms with van der Waals surface area (Å²) in [7, 11) is 0. The van der Waals surface area contributed by atoms with Crippen molar-refractivity contribution in [2.24, 2.45) is 0 Å². The zero-order chi connectivity index (χ0) is 16.3. The number of carbonyl (C=O) groups is 1. The van der Waals surface area contributed by atoms with E-state index in [-0.39, 0.29) is 6.09 Å². The van der Waals surface area contributed by atoms with Crippen LogP contribution in [0.5, 0.6) is 0 Å². The summed E-state index contributed by atoms with van der Waals surface area (Å²) in [5.74, 6) is 0. The lowest BCUT2D eigenvalue weighted by atomic mass is 10.0. The van der Waals surface area contributed by atoms with E-state index in [0.717, 1.165) is 23.2 Å². The van der Waals surface area contributed by atoms with Crippen LogP contribution >= 0.6 is 27.3 Å². The Labute approximate surface area is 145 Å². The van der Waals surface area contributed by atoms with Gasteiger partial charge in [0.15, 0.2) is 0 Å². The predicted molar refractivity (Wildman–Crippen MR) is 94.4 cm³/mol. The number of ether oxygens (including phenoxy) is 1. The van der Waals surface area contributed by atoms with Crippen LogP contribution in [0.1, 0.15) is 51.5 Å². The fourth-order valence-electron chi connectivity index (χ4n) is 2.60. The Bertz CT molecular complexity index is 512. The van der Waals surface area contributed by atoms with Crippen LogP contribution in [0.25, 0.3) is 0 Å². The molecular formula is C16H25BrN2O2S. The van der Waals surface area contributed by atoms with E-state index >= 15 is 0 Å². The molecule has 2 atom stereocenters. The van der Waals surface area contributed by atoms with Gasteiger partial charge in [-0.25, -0.2) is 4.79 Å². The highest BCUT2D eigenvalue weighted by Gasteiger charge is 2.28. The number of nitrogens with zero attached hydrogens (tertiary/aromatic N) is 1. The second kappa shape index (κ2) is 7.32. The summed E-state index contributed by atoms with van der Waals surface area (Å²) in [5.41, 5.74) is -0.437. The monoisotopic (exact) mass is 388 g/mol. The van der Waals surface area contributed by atoms with E-state index in [1.165, 1.54) is 4.88 Å². The van der Waals surface area contributed by atoms with Crippen molar-refractivity contribution >= 4 is 33.4 Å². The first-order chi connectivity index (χ1) is 10.2. The topological polar surface area (TPSA) is 41.6 Å². The van der Waals surface area contributed by atoms with Crippen molar-refractivity contribution in [1.29, 1.82) is 0 Å². The van der Waals surface area contributed by atoms with Crippen molar-refractivity contribution in [2.75, 3.05) is 13.1 Å². The third-order valence-corrected chi connectivity index (χ3v) is 5.39. The van der Waals surface area contributed by atoms with Crippen LogP contribution in [0.15, 0.2) is 15.9 Å². The molecule has 1 aliphatic rings. The fourth-order valence-corrected chi connectivity index (χ4v) is 4.04. The van der Waals surface area contributed by atoms with Crippen LogP contribution in [0.4, 0.5) is 4.79 Å². The second-order valence-corrected chi connectivity index (χ2v) is 9.29. The van der Waals surface area contributed by atoms with Crippen LogP contribution in [0.3, 0.4) is 0 Å². The Morgan fingerprint density at radius 1 is 1.50 bits per heavy atom. The quantitative estimate of drug-likeness (QED) is 0.824. The van der Waals surface area contributed by atoms with Crippen molar-refractivity contribution in [1.82, 2.24) is 10.2 Å². The van der Waals surface area contributed by atoms with Gasteiger partial charge in [0.2, 0.25) is 0 Å². The molecule has 2 unspecified atom stereocenters. The molecular weight excluding hydrogens is 364 g/mol. The second-order valence-electron chi connectivity index (χ2n) is 6.80. The number of nitrogens with one attached hydrogen (secondary N) is 1. The van der Waals surface area contributed by atoms with Gasteiger partial charge in [-0.2, -0.15) is 0 Å². The SMILES string of the molecule is CC(NC1CCCN(C(=O)OC(C)(C)C)C1)c1ccc(Br)s1. The molecule has 6 heteroatoms. The van der Waals surface area contributed by atoms with E-state index in [9.17, 15) is 4.79 Å². The molecule has 124 valence electrons. The molecule has 0 spiro atoms. The number of hydrogen-bond acceptors (Lipinski definition) is 4. The Morgan fingerprint density at radius 2 is 2.23 bits per heavy atom. The summed E-state index contributed by atoms with van der Waals surface area (Å²) < 4.78 is 6.62. The molecule has 2 rings (SSSR count). The molecule has 2 heterocycles. The fraction of sp³-hybridized carbons (Fsp3) is 0.688. The number of likely N-dealkylation sites (tertiary alicyclic amines) is 1. The molecule has 0 saturated carbocycles. The number of rotatable bonds is 3. The molecule has 1 amide bonds. The number of piperidine rings is 1. The van der Waals surface area contributed by atoms with Crippen LogP contribution in [0.2, 0.25) is 0 Å². The number of thiophene rings is 1. The van der Waals surface area contributed by atoms with Gasteiger partial charge in [-0.05, 0) is 68.6 Å². The van der Waals surface area contributed by atoms with Crippen molar-refractivity contribution in [3.8, 4) is 0 Å². The summed E-state index contributed by atoms with van der Waals surface area (Å²) in [6.07, 6.45) is 1.90. The van der Waals surface area contributed by atoms with Gasteiger partial charge in [-0.3, -0.25) is 0 Å². The normalized spacial score (nSPS) is 20.8. The van der Waals surface area contributed by atoms with E-state index in [0.29, 0.717) is 18.6 Å². The highest BCUT2D eigenvalue weighted by atomic mass is 79.9. The van der Waals surface area contributed by atoms with Gasteiger partial charge in [0, 0.05) is 30.1 Å². The summed E-state index contributed by atoms with van der Waals surface area (Å²) >= 11 is 5.25. The van der Waals surface area contributed by atoms with E-state index in [4.69, 9.17) is 4.74 Å². The van der Waals surface area contributed by atoms with Crippen LogP contribution < -0.4 is 5.32 Å². The van der Waals surface area contributed by atoms with Gasteiger partial charge in [0.05, 0.1) is 3.79 Å². The smallest absolute Gasteiger partial charge is 0.410 e. The highest BCUT2D eigenvalue weighted by Crippen LogP contribution is 2.28. The Morgan fingerprint density at radius 3 is 2.82 bits per heavy atom. The number of carbonyl (C=O) groups excluding carboxylic acids is 1. The van der Waals surface area contributed by atoms with Crippen molar-refractivity contribution in [3.63, 3.8) is 0 Å². The number of halogens is 1. The number of amides is 1. The molecule has 1 aromatic heterocycles. The zero-order valence-electron chi connectivity index (χ0n) is 13.7. The maximum Gasteiger partial charge on any atom is 0.410 e. The summed E-state index contributed by atoms with van der Waals surface area (Å²) in [4.78, 5) is 15.3. The first-order valence-corrected chi connectivity index (χ1v) is 9.35. The molecule has 1 saturated heterocycles. The van der Waals surface area contributed by atoms with Gasteiger partial charge in [-0.15, -0.1) is 11.3 Å². The predicted octanol–water partition coefficient (Wildman–Crippen LogP) is 4.56. The van der Waals surface area contributed by atoms with E-state index in [1.54, 1.807) is 11.3 Å². The molecule has 4 nitrogen and oxygen atoms in total. The molecule has 1 fully saturated rings. The lowest BCUT2D eigenvalue weighted by Crippen LogP contribution is -2.49. The molecule has 1 N–H and O–H groups in total. The van der Waals surface area contributed by atoms with Gasteiger partial charge in [-0.1, -0.05) is 0 Å². The van der Waals surface area contributed by atoms with E-state index in [1.807, 2.05) is 25.7 Å². The van der Waals surface area contributed by atoms with Gasteiger partial charge >= 0.3 is 6.09 Å². The molecule has 0 aromatic carbocycles. The zero-order valence-corrected chi connectivity index (χ0v) is 16.1. The minimum atomic E-state index is -0.437. The molecule has 0 radical (unpaired) electrons. The average molecular weight is 389 g/mol. The third-order valence-electron chi connectivity index (χ3n) is 3.58. The van der Waals surface area contributed by atoms with Crippen LogP contribution in [-0.2, 0) is 4.74 Å². The van der Waals surface area contributed by atoms with Crippen LogP contribution in [-0.4, -0.2) is 35.7 Å². The lowest BCUT2D eigenvalue weighted by molar-refractivity contribution is 0.0184.